The summed E-state index contributed by atoms with van der Waals surface area (Å²) in [7, 11) is 0. The number of benzene rings is 2. The molecule has 1 unspecified atom stereocenters. The molecule has 9 heteroatoms. The van der Waals surface area contributed by atoms with E-state index in [0.29, 0.717) is 12.5 Å². The number of β-amino-alcohol motifs (C(OH)–C–C–N with tert-alkyl or cyclic N) is 1. The van der Waals surface area contributed by atoms with Crippen LogP contribution < -0.4 is 0 Å². The number of para-hydroxylation sites is 1. The van der Waals surface area contributed by atoms with Gasteiger partial charge in [0.25, 0.3) is 0 Å². The van der Waals surface area contributed by atoms with Gasteiger partial charge in [0, 0.05) is 42.8 Å². The van der Waals surface area contributed by atoms with Crippen molar-refractivity contribution in [3.8, 4) is 0 Å². The van der Waals surface area contributed by atoms with Crippen LogP contribution in [0.5, 0.6) is 0 Å². The molecule has 5 rings (SSSR count). The van der Waals surface area contributed by atoms with Crippen LogP contribution in [0, 0.1) is 17.5 Å². The van der Waals surface area contributed by atoms with Crippen LogP contribution in [-0.2, 0) is 4.79 Å². The molecule has 1 atom stereocenters. The van der Waals surface area contributed by atoms with Crippen molar-refractivity contribution in [2.75, 3.05) is 32.7 Å². The molecule has 3 aromatic rings. The molecule has 2 aliphatic heterocycles. The average molecular weight is 558 g/mol. The van der Waals surface area contributed by atoms with Crippen LogP contribution in [0.15, 0.2) is 48.7 Å². The number of aliphatic hydroxyl groups excluding tert-OH is 1. The van der Waals surface area contributed by atoms with Crippen molar-refractivity contribution in [3.63, 3.8) is 0 Å². The van der Waals surface area contributed by atoms with E-state index in [1.807, 2.05) is 19.9 Å². The van der Waals surface area contributed by atoms with Crippen LogP contribution in [0.4, 0.5) is 13.2 Å². The van der Waals surface area contributed by atoms with Crippen LogP contribution >= 0.6 is 0 Å². The normalized spacial score (nSPS) is 19.0. The molecule has 0 radical (unpaired) electrons. The predicted molar refractivity (Wildman–Crippen MR) is 150 cm³/mol. The Kier molecular flexibility index (Phi) is 9.71. The number of rotatable bonds is 6. The molecule has 2 aliphatic rings. The minimum absolute atomic E-state index is 0.0344. The van der Waals surface area contributed by atoms with Gasteiger partial charge in [-0.3, -0.25) is 4.79 Å². The number of aliphatic hydroxyl groups is 2. The fourth-order valence-corrected chi connectivity index (χ4v) is 5.66. The molecule has 216 valence electrons. The van der Waals surface area contributed by atoms with E-state index in [0.717, 1.165) is 43.6 Å². The van der Waals surface area contributed by atoms with E-state index >= 15 is 0 Å². The Morgan fingerprint density at radius 3 is 2.35 bits per heavy atom. The van der Waals surface area contributed by atoms with Crippen LogP contribution in [0.1, 0.15) is 56.6 Å². The van der Waals surface area contributed by atoms with Gasteiger partial charge in [-0.25, -0.2) is 13.2 Å². The maximum atomic E-state index is 13.4. The molecule has 0 bridgehead atoms. The first kappa shape index (κ1) is 29.8. The van der Waals surface area contributed by atoms with Gasteiger partial charge in [0.15, 0.2) is 17.5 Å². The predicted octanol–water partition coefficient (Wildman–Crippen LogP) is 5.22. The highest BCUT2D eigenvalue weighted by Crippen LogP contribution is 2.34. The molecule has 3 N–H and O–H groups in total. The van der Waals surface area contributed by atoms with Crippen LogP contribution in [0.25, 0.3) is 17.0 Å². The molecule has 0 saturated carbocycles. The summed E-state index contributed by atoms with van der Waals surface area (Å²) in [5, 5.41) is 23.3. The number of hydrogen-bond acceptors (Lipinski definition) is 4. The zero-order chi connectivity index (χ0) is 28.9. The summed E-state index contributed by atoms with van der Waals surface area (Å²) in [6.45, 7) is 6.51. The SMILES string of the molecule is CC.O=C(/C=C/c1cc(F)c(F)c(F)c1)N1CCC(O)(C(O)CN2CCC(c3c[nH]c4ccccc34)CC2)CC1. The van der Waals surface area contributed by atoms with E-state index < -0.39 is 29.2 Å². The third-order valence-corrected chi connectivity index (χ3v) is 8.07. The monoisotopic (exact) mass is 557 g/mol. The van der Waals surface area contributed by atoms with Gasteiger partial charge in [0.05, 0.1) is 11.7 Å². The summed E-state index contributed by atoms with van der Waals surface area (Å²) in [5.74, 6) is -4.13. The number of halogens is 3. The molecule has 2 saturated heterocycles. The molecule has 2 aromatic carbocycles. The highest BCUT2D eigenvalue weighted by Gasteiger charge is 2.40. The topological polar surface area (TPSA) is 79.8 Å². The largest absolute Gasteiger partial charge is 0.389 e. The summed E-state index contributed by atoms with van der Waals surface area (Å²) in [6, 6.07) is 9.92. The molecule has 3 heterocycles. The van der Waals surface area contributed by atoms with Crippen LogP contribution in [0.2, 0.25) is 0 Å². The number of aromatic nitrogens is 1. The Morgan fingerprint density at radius 2 is 1.70 bits per heavy atom. The number of nitrogens with zero attached hydrogens (tertiary/aromatic N) is 2. The number of likely N-dealkylation sites (tertiary alicyclic amines) is 2. The van der Waals surface area contributed by atoms with Crippen molar-refractivity contribution in [3.05, 3.63) is 77.2 Å². The number of amides is 1. The van der Waals surface area contributed by atoms with Gasteiger partial charge >= 0.3 is 0 Å². The van der Waals surface area contributed by atoms with E-state index in [1.54, 1.807) is 0 Å². The first-order chi connectivity index (χ1) is 19.2. The van der Waals surface area contributed by atoms with Gasteiger partial charge in [-0.05, 0) is 80.1 Å². The standard InChI is InChI=1S/C29H32F3N3O3.C2H6/c30-23-15-19(16-24(31)28(23)32)5-6-27(37)35-13-9-29(38,10-14-35)26(36)18-34-11-7-20(8-12-34)22-17-33-25-4-2-1-3-21(22)25;1-2/h1-6,15-17,20,26,33,36,38H,7-14,18H2;1-2H3/b6-5+;. The second-order valence-corrected chi connectivity index (χ2v) is 10.4. The maximum absolute atomic E-state index is 13.4. The van der Waals surface area contributed by atoms with Crippen molar-refractivity contribution < 1.29 is 28.2 Å². The summed E-state index contributed by atoms with van der Waals surface area (Å²) >= 11 is 0. The number of carbonyl (C=O) groups excluding carboxylic acids is 1. The highest BCUT2D eigenvalue weighted by molar-refractivity contribution is 5.91. The van der Waals surface area contributed by atoms with Crippen molar-refractivity contribution in [2.45, 2.75) is 57.2 Å². The first-order valence-electron chi connectivity index (χ1n) is 14.0. The Labute approximate surface area is 233 Å². The number of H-pyrrole nitrogens is 1. The summed E-state index contributed by atoms with van der Waals surface area (Å²) < 4.78 is 39.9. The fourth-order valence-electron chi connectivity index (χ4n) is 5.66. The summed E-state index contributed by atoms with van der Waals surface area (Å²) in [4.78, 5) is 19.6. The molecular formula is C31H38F3N3O3. The lowest BCUT2D eigenvalue weighted by Gasteiger charge is -2.43. The van der Waals surface area contributed by atoms with Crippen molar-refractivity contribution >= 4 is 22.9 Å². The van der Waals surface area contributed by atoms with Crippen molar-refractivity contribution in [2.24, 2.45) is 0 Å². The first-order valence-corrected chi connectivity index (χ1v) is 14.0. The lowest BCUT2D eigenvalue weighted by atomic mass is 9.84. The number of piperidine rings is 2. The second kappa shape index (κ2) is 13.0. The van der Waals surface area contributed by atoms with Crippen molar-refractivity contribution in [1.82, 2.24) is 14.8 Å². The Balaban J connectivity index is 0.00000181. The fraction of sp³-hybridized carbons (Fsp3) is 0.452. The van der Waals surface area contributed by atoms with Crippen molar-refractivity contribution in [1.29, 1.82) is 0 Å². The van der Waals surface area contributed by atoms with E-state index in [9.17, 15) is 28.2 Å². The second-order valence-electron chi connectivity index (χ2n) is 10.4. The molecule has 6 nitrogen and oxygen atoms in total. The van der Waals surface area contributed by atoms with Gasteiger partial charge in [-0.15, -0.1) is 0 Å². The third kappa shape index (κ3) is 6.59. The average Bonchev–Trinajstić information content (AvgIpc) is 3.40. The van der Waals surface area contributed by atoms with E-state index in [2.05, 4.69) is 34.3 Å². The summed E-state index contributed by atoms with van der Waals surface area (Å²) in [5.41, 5.74) is 1.21. The van der Waals surface area contributed by atoms with E-state index in [1.165, 1.54) is 28.0 Å². The lowest BCUT2D eigenvalue weighted by molar-refractivity contribution is -0.140. The van der Waals surface area contributed by atoms with E-state index in [-0.39, 0.29) is 37.4 Å². The Morgan fingerprint density at radius 1 is 1.07 bits per heavy atom. The Bertz CT molecular complexity index is 1300. The molecule has 1 aromatic heterocycles. The van der Waals surface area contributed by atoms with Crippen LogP contribution in [-0.4, -0.2) is 75.3 Å². The van der Waals surface area contributed by atoms with Gasteiger partial charge in [-0.2, -0.15) is 0 Å². The number of hydrogen-bond donors (Lipinski definition) is 3. The minimum atomic E-state index is -1.55. The molecule has 2 fully saturated rings. The van der Waals surface area contributed by atoms with Gasteiger partial charge in [0.1, 0.15) is 0 Å². The van der Waals surface area contributed by atoms with Gasteiger partial charge < -0.3 is 25.0 Å². The van der Waals surface area contributed by atoms with Gasteiger partial charge in [0.2, 0.25) is 5.91 Å². The molecule has 40 heavy (non-hydrogen) atoms. The molecule has 0 spiro atoms. The molecular weight excluding hydrogens is 519 g/mol. The quantitative estimate of drug-likeness (QED) is 0.287. The Hall–Kier alpha value is -3.14. The summed E-state index contributed by atoms with van der Waals surface area (Å²) in [6.07, 6.45) is 5.95. The number of fused-ring (bicyclic) bond motifs is 1. The highest BCUT2D eigenvalue weighted by atomic mass is 19.2. The third-order valence-electron chi connectivity index (χ3n) is 8.07. The number of carbonyl (C=O) groups is 1. The zero-order valence-corrected chi connectivity index (χ0v) is 23.0. The number of aromatic amines is 1. The maximum Gasteiger partial charge on any atom is 0.246 e. The molecule has 1 amide bonds. The van der Waals surface area contributed by atoms with Gasteiger partial charge in [-0.1, -0.05) is 32.0 Å². The minimum Gasteiger partial charge on any atom is -0.389 e. The lowest BCUT2D eigenvalue weighted by Crippen LogP contribution is -2.56. The van der Waals surface area contributed by atoms with E-state index in [4.69, 9.17) is 0 Å². The molecule has 0 aliphatic carbocycles. The van der Waals surface area contributed by atoms with Crippen LogP contribution in [0.3, 0.4) is 0 Å². The zero-order valence-electron chi connectivity index (χ0n) is 23.0. The number of nitrogens with one attached hydrogen (secondary N) is 1. The smallest absolute Gasteiger partial charge is 0.246 e.